The predicted octanol–water partition coefficient (Wildman–Crippen LogP) is 8.43. The van der Waals surface area contributed by atoms with Crippen molar-refractivity contribution in [2.45, 2.75) is 105 Å². The average molecular weight is 618 g/mol. The lowest BCUT2D eigenvalue weighted by atomic mass is 9.80. The zero-order valence-corrected chi connectivity index (χ0v) is 28.3. The third-order valence-corrected chi connectivity index (χ3v) is 13.0. The Morgan fingerprint density at radius 2 is 1.76 bits per heavy atom. The molecule has 0 N–H and O–H groups in total. The second-order valence-electron chi connectivity index (χ2n) is 12.7. The van der Waals surface area contributed by atoms with Gasteiger partial charge in [-0.1, -0.05) is 80.4 Å². The molecular formula is C30H53BrO6Si. The van der Waals surface area contributed by atoms with Crippen LogP contribution < -0.4 is 0 Å². The summed E-state index contributed by atoms with van der Waals surface area (Å²) in [6.07, 6.45) is 5.81. The fraction of sp³-hybridized carbons (Fsp3) is 0.767. The summed E-state index contributed by atoms with van der Waals surface area (Å²) in [7, 11) is -2.08. The van der Waals surface area contributed by atoms with Crippen molar-refractivity contribution in [1.29, 1.82) is 0 Å². The van der Waals surface area contributed by atoms with Crippen molar-refractivity contribution in [2.24, 2.45) is 17.8 Å². The fourth-order valence-electron chi connectivity index (χ4n) is 4.46. The summed E-state index contributed by atoms with van der Waals surface area (Å²) in [6, 6.07) is 0. The van der Waals surface area contributed by atoms with E-state index in [9.17, 15) is 4.79 Å². The molecule has 5 atom stereocenters. The normalized spacial score (nSPS) is 23.4. The van der Waals surface area contributed by atoms with Crippen LogP contribution >= 0.6 is 15.9 Å². The van der Waals surface area contributed by atoms with Gasteiger partial charge in [0.15, 0.2) is 14.1 Å². The van der Waals surface area contributed by atoms with E-state index in [-0.39, 0.29) is 48.2 Å². The Morgan fingerprint density at radius 3 is 2.32 bits per heavy atom. The summed E-state index contributed by atoms with van der Waals surface area (Å²) in [6.45, 7) is 28.6. The van der Waals surface area contributed by atoms with Gasteiger partial charge in [0.25, 0.3) is 0 Å². The minimum atomic E-state index is -2.08. The van der Waals surface area contributed by atoms with E-state index in [0.717, 1.165) is 17.3 Å². The van der Waals surface area contributed by atoms with Crippen LogP contribution in [0.2, 0.25) is 18.1 Å². The number of allylic oxidation sites excluding steroid dienone is 2. The summed E-state index contributed by atoms with van der Waals surface area (Å²) >= 11 is 3.58. The van der Waals surface area contributed by atoms with E-state index in [1.165, 1.54) is 11.6 Å². The lowest BCUT2D eigenvalue weighted by Gasteiger charge is -2.48. The van der Waals surface area contributed by atoms with E-state index in [4.69, 9.17) is 23.4 Å². The minimum absolute atomic E-state index is 0.0169. The Hall–Kier alpha value is -0.933. The van der Waals surface area contributed by atoms with Gasteiger partial charge in [-0.3, -0.25) is 0 Å². The number of carbonyl (C=O) groups excluding carboxylic acids is 1. The number of hydrogen-bond donors (Lipinski definition) is 0. The molecular weight excluding hydrogens is 564 g/mol. The molecule has 8 heteroatoms. The number of hydrogen-bond acceptors (Lipinski definition) is 6. The molecule has 0 spiro atoms. The molecule has 1 aliphatic rings. The highest BCUT2D eigenvalue weighted by atomic mass is 79.9. The van der Waals surface area contributed by atoms with E-state index >= 15 is 0 Å². The molecule has 1 heterocycles. The first-order valence-electron chi connectivity index (χ1n) is 13.7. The zero-order chi connectivity index (χ0) is 29.3. The Bertz CT molecular complexity index is 829. The van der Waals surface area contributed by atoms with Gasteiger partial charge in [0.1, 0.15) is 13.2 Å². The third-order valence-electron chi connectivity index (χ3n) is 7.60. The van der Waals surface area contributed by atoms with E-state index in [2.05, 4.69) is 90.1 Å². The number of alkyl halides is 1. The molecule has 1 aliphatic heterocycles. The molecule has 220 valence electrons. The maximum Gasteiger partial charge on any atom is 0.508 e. The Labute approximate surface area is 241 Å². The fourth-order valence-corrected chi connectivity index (χ4v) is 6.13. The van der Waals surface area contributed by atoms with E-state index in [1.807, 2.05) is 19.9 Å². The van der Waals surface area contributed by atoms with Crippen molar-refractivity contribution in [3.8, 4) is 0 Å². The maximum atomic E-state index is 11.6. The van der Waals surface area contributed by atoms with Crippen molar-refractivity contribution in [2.75, 3.05) is 25.2 Å². The van der Waals surface area contributed by atoms with Crippen LogP contribution in [0.25, 0.3) is 0 Å². The average Bonchev–Trinajstić information content (AvgIpc) is 2.80. The lowest BCUT2D eigenvalue weighted by molar-refractivity contribution is -0.300. The maximum absolute atomic E-state index is 11.6. The first-order chi connectivity index (χ1) is 17.4. The summed E-state index contributed by atoms with van der Waals surface area (Å²) in [5, 5.41) is 0.901. The molecule has 0 aliphatic carbocycles. The standard InChI is InChI=1S/C30H53BrO6Si/c1-13-15-33-28(32)34-16-14-21(2)17-23(4)26(37-38(11,12)29(6,7)8)24(5)27-25(18-22(3)19-31)20-35-30(9,10)36-27/h13-14,18,23-27H,1,15-17,19-20H2,2-12H3/b21-14+,22-18+/t23-,24-,25-,26+,27+/m0/s1. The van der Waals surface area contributed by atoms with Crippen LogP contribution in [-0.4, -0.2) is 57.6 Å². The number of halogens is 1. The highest BCUT2D eigenvalue weighted by Crippen LogP contribution is 2.42. The molecule has 0 aromatic heterocycles. The van der Waals surface area contributed by atoms with Gasteiger partial charge < -0.3 is 23.4 Å². The number of ether oxygens (including phenoxy) is 4. The summed E-state index contributed by atoms with van der Waals surface area (Å²) in [5.41, 5.74) is 2.41. The van der Waals surface area contributed by atoms with Crippen molar-refractivity contribution < 1.29 is 28.2 Å². The predicted molar refractivity (Wildman–Crippen MR) is 162 cm³/mol. The van der Waals surface area contributed by atoms with Crippen molar-refractivity contribution >= 4 is 30.4 Å². The van der Waals surface area contributed by atoms with Gasteiger partial charge in [0, 0.05) is 17.2 Å². The molecule has 1 rings (SSSR count). The quantitative estimate of drug-likeness (QED) is 0.0895. The van der Waals surface area contributed by atoms with Gasteiger partial charge in [0.05, 0.1) is 18.8 Å². The molecule has 0 bridgehead atoms. The molecule has 1 saturated heterocycles. The third kappa shape index (κ3) is 11.3. The van der Waals surface area contributed by atoms with E-state index in [1.54, 1.807) is 0 Å². The summed E-state index contributed by atoms with van der Waals surface area (Å²) < 4.78 is 29.9. The molecule has 0 radical (unpaired) electrons. The Morgan fingerprint density at radius 1 is 1.16 bits per heavy atom. The van der Waals surface area contributed by atoms with E-state index < -0.39 is 20.3 Å². The Balaban J connectivity index is 3.22. The molecule has 0 aromatic carbocycles. The van der Waals surface area contributed by atoms with E-state index in [0.29, 0.717) is 6.61 Å². The summed E-state index contributed by atoms with van der Waals surface area (Å²) in [4.78, 5) is 11.6. The van der Waals surface area contributed by atoms with Crippen molar-refractivity contribution in [1.82, 2.24) is 0 Å². The number of carbonyl (C=O) groups is 1. The largest absolute Gasteiger partial charge is 0.508 e. The highest BCUT2D eigenvalue weighted by molar-refractivity contribution is 9.09. The monoisotopic (exact) mass is 616 g/mol. The molecule has 38 heavy (non-hydrogen) atoms. The molecule has 0 unspecified atom stereocenters. The van der Waals surface area contributed by atoms with Crippen molar-refractivity contribution in [3.05, 3.63) is 36.0 Å². The second-order valence-corrected chi connectivity index (χ2v) is 18.0. The first-order valence-corrected chi connectivity index (χ1v) is 17.8. The van der Waals surface area contributed by atoms with Crippen LogP contribution in [0.4, 0.5) is 4.79 Å². The van der Waals surface area contributed by atoms with Crippen LogP contribution in [0, 0.1) is 17.8 Å². The highest BCUT2D eigenvalue weighted by Gasteiger charge is 2.46. The SMILES string of the molecule is C=CCOC(=O)OC/C=C(\C)C[C@H](C)[C@@H](O[Si](C)(C)C(C)(C)C)[C@H](C)[C@H]1OC(C)(C)OC[C@@H]1/C=C(\C)CBr. The van der Waals surface area contributed by atoms with Gasteiger partial charge >= 0.3 is 6.16 Å². The van der Waals surface area contributed by atoms with Crippen LogP contribution in [-0.2, 0) is 23.4 Å². The summed E-state index contributed by atoms with van der Waals surface area (Å²) in [5.74, 6) is -0.159. The molecule has 6 nitrogen and oxygen atoms in total. The van der Waals surface area contributed by atoms with Crippen LogP contribution in [0.15, 0.2) is 36.0 Å². The Kier molecular flexibility index (Phi) is 14.0. The first kappa shape index (κ1) is 35.1. The number of rotatable bonds is 13. The molecule has 0 saturated carbocycles. The van der Waals surface area contributed by atoms with Gasteiger partial charge in [-0.2, -0.15) is 0 Å². The zero-order valence-electron chi connectivity index (χ0n) is 25.7. The topological polar surface area (TPSA) is 63.2 Å². The second kappa shape index (κ2) is 15.2. The van der Waals surface area contributed by atoms with Crippen LogP contribution in [0.5, 0.6) is 0 Å². The van der Waals surface area contributed by atoms with Gasteiger partial charge in [0.2, 0.25) is 0 Å². The van der Waals surface area contributed by atoms with Gasteiger partial charge in [-0.15, -0.1) is 0 Å². The van der Waals surface area contributed by atoms with Gasteiger partial charge in [-0.25, -0.2) is 4.79 Å². The minimum Gasteiger partial charge on any atom is -0.430 e. The molecule has 0 aromatic rings. The van der Waals surface area contributed by atoms with Gasteiger partial charge in [-0.05, 0) is 64.2 Å². The van der Waals surface area contributed by atoms with Crippen molar-refractivity contribution in [3.63, 3.8) is 0 Å². The van der Waals surface area contributed by atoms with Crippen LogP contribution in [0.3, 0.4) is 0 Å². The molecule has 0 amide bonds. The van der Waals surface area contributed by atoms with Crippen LogP contribution in [0.1, 0.15) is 68.7 Å². The lowest BCUT2D eigenvalue weighted by Crippen LogP contribution is -2.54. The molecule has 1 fully saturated rings. The smallest absolute Gasteiger partial charge is 0.430 e.